The number of benzene rings is 6. The molecule has 0 saturated carbocycles. The summed E-state index contributed by atoms with van der Waals surface area (Å²) in [5.41, 5.74) is 9.97. The average Bonchev–Trinajstić information content (AvgIpc) is 3.53. The molecular formula is C45H34BrN3O3. The highest BCUT2D eigenvalue weighted by atomic mass is 79.9. The molecule has 0 bridgehead atoms. The van der Waals surface area contributed by atoms with Crippen molar-refractivity contribution in [1.29, 1.82) is 0 Å². The van der Waals surface area contributed by atoms with Gasteiger partial charge in [0.1, 0.15) is 39.0 Å². The Labute approximate surface area is 311 Å². The molecule has 254 valence electrons. The molecule has 0 amide bonds. The first-order valence-electron chi connectivity index (χ1n) is 17.0. The molecule has 7 heteroatoms. The van der Waals surface area contributed by atoms with E-state index in [0.717, 1.165) is 39.2 Å². The van der Waals surface area contributed by atoms with Gasteiger partial charge in [0.25, 0.3) is 0 Å². The van der Waals surface area contributed by atoms with Gasteiger partial charge in [-0.3, -0.25) is 4.57 Å². The Hall–Kier alpha value is -6.18. The molecule has 6 aromatic carbocycles. The minimum absolute atomic E-state index is 0.519. The highest BCUT2D eigenvalue weighted by molar-refractivity contribution is 9.10. The van der Waals surface area contributed by atoms with Crippen LogP contribution in [0.1, 0.15) is 16.7 Å². The molecule has 6 nitrogen and oxygen atoms in total. The number of imidazole rings is 1. The van der Waals surface area contributed by atoms with Gasteiger partial charge in [-0.1, -0.05) is 66.2 Å². The number of hydrogen-bond donors (Lipinski definition) is 0. The van der Waals surface area contributed by atoms with Gasteiger partial charge in [-0.15, -0.1) is 0 Å². The Morgan fingerprint density at radius 2 is 1.13 bits per heavy atom. The number of aromatic nitrogens is 3. The number of nitrogens with zero attached hydrogens (tertiary/aromatic N) is 3. The molecule has 0 aliphatic carbocycles. The molecule has 2 heterocycles. The second-order valence-corrected chi connectivity index (χ2v) is 13.4. The van der Waals surface area contributed by atoms with Crippen LogP contribution in [0.5, 0.6) is 34.6 Å². The zero-order valence-electron chi connectivity index (χ0n) is 28.9. The second kappa shape index (κ2) is 14.2. The maximum absolute atomic E-state index is 6.35. The second-order valence-electron chi connectivity index (χ2n) is 12.6. The molecule has 0 spiro atoms. The van der Waals surface area contributed by atoms with Crippen molar-refractivity contribution in [3.05, 3.63) is 173 Å². The monoisotopic (exact) mass is 743 g/mol. The van der Waals surface area contributed by atoms with Crippen LogP contribution in [0.4, 0.5) is 0 Å². The highest BCUT2D eigenvalue weighted by Gasteiger charge is 2.18. The number of fused-ring (bicyclic) bond motifs is 1. The van der Waals surface area contributed by atoms with Gasteiger partial charge >= 0.3 is 0 Å². The topological polar surface area (TPSA) is 58.4 Å². The van der Waals surface area contributed by atoms with Crippen LogP contribution >= 0.6 is 15.9 Å². The van der Waals surface area contributed by atoms with Crippen molar-refractivity contribution < 1.29 is 14.2 Å². The summed E-state index contributed by atoms with van der Waals surface area (Å²) in [4.78, 5) is 9.45. The fourth-order valence-corrected chi connectivity index (χ4v) is 6.94. The Kier molecular flexibility index (Phi) is 9.02. The molecular weight excluding hydrogens is 710 g/mol. The summed E-state index contributed by atoms with van der Waals surface area (Å²) in [6, 6.07) is 48.0. The van der Waals surface area contributed by atoms with Gasteiger partial charge in [-0.05, 0) is 138 Å². The molecule has 0 radical (unpaired) electrons. The van der Waals surface area contributed by atoms with Crippen molar-refractivity contribution in [3.63, 3.8) is 0 Å². The summed E-state index contributed by atoms with van der Waals surface area (Å²) in [5, 5.41) is 0. The average molecular weight is 745 g/mol. The third-order valence-corrected chi connectivity index (χ3v) is 9.59. The summed E-state index contributed by atoms with van der Waals surface area (Å²) < 4.78 is 21.6. The summed E-state index contributed by atoms with van der Waals surface area (Å²) in [5.74, 6) is 4.66. The lowest BCUT2D eigenvalue weighted by Crippen LogP contribution is -2.03. The van der Waals surface area contributed by atoms with Crippen molar-refractivity contribution in [1.82, 2.24) is 14.5 Å². The number of para-hydroxylation sites is 2. The molecule has 8 rings (SSSR count). The van der Waals surface area contributed by atoms with Crippen LogP contribution in [0.3, 0.4) is 0 Å². The number of aryl methyl sites for hydroxylation is 3. The largest absolute Gasteiger partial charge is 0.456 e. The van der Waals surface area contributed by atoms with Crippen molar-refractivity contribution in [2.45, 2.75) is 20.8 Å². The van der Waals surface area contributed by atoms with Crippen LogP contribution in [0.2, 0.25) is 0 Å². The molecule has 2 aromatic heterocycles. The quantitative estimate of drug-likeness (QED) is 0.147. The van der Waals surface area contributed by atoms with E-state index in [2.05, 4.69) is 101 Å². The first kappa shape index (κ1) is 33.0. The van der Waals surface area contributed by atoms with E-state index in [9.17, 15) is 0 Å². The first-order valence-corrected chi connectivity index (χ1v) is 17.8. The number of ether oxygens (including phenoxy) is 3. The zero-order chi connectivity index (χ0) is 35.6. The molecule has 0 atom stereocenters. The minimum atomic E-state index is 0.519. The number of hydrogen-bond acceptors (Lipinski definition) is 5. The standard InChI is InChI=1S/C45H34BrN3O3/c1-29-26-30(2)44(31(3)27-29)49-39-13-8-7-12-38(39)48-45(49)33-16-18-35(19-17-33)50-40-14-9-15-41(43(40)46)51-36-20-22-37(23-21-36)52-42-28-34(24-25-47-42)32-10-5-4-6-11-32/h4-28H,1-3H3. The number of pyridine rings is 1. The van der Waals surface area contributed by atoms with E-state index in [1.54, 1.807) is 6.20 Å². The predicted octanol–water partition coefficient (Wildman–Crippen LogP) is 12.8. The molecule has 0 unspecified atom stereocenters. The summed E-state index contributed by atoms with van der Waals surface area (Å²) >= 11 is 3.71. The normalized spacial score (nSPS) is 11.1. The Bertz CT molecular complexity index is 2510. The lowest BCUT2D eigenvalue weighted by Gasteiger charge is -2.17. The zero-order valence-corrected chi connectivity index (χ0v) is 30.5. The molecule has 0 aliphatic rings. The minimum Gasteiger partial charge on any atom is -0.456 e. The van der Waals surface area contributed by atoms with Gasteiger partial charge in [-0.25, -0.2) is 9.97 Å². The molecule has 0 saturated heterocycles. The van der Waals surface area contributed by atoms with Gasteiger partial charge in [0.05, 0.1) is 16.7 Å². The van der Waals surface area contributed by atoms with Crippen molar-refractivity contribution in [3.8, 4) is 62.8 Å². The van der Waals surface area contributed by atoms with Crippen LogP contribution in [0.25, 0.3) is 39.2 Å². The molecule has 0 aliphatic heterocycles. The van der Waals surface area contributed by atoms with Gasteiger partial charge in [0.15, 0.2) is 0 Å². The van der Waals surface area contributed by atoms with E-state index in [1.807, 2.05) is 91.0 Å². The summed E-state index contributed by atoms with van der Waals surface area (Å²) in [7, 11) is 0. The summed E-state index contributed by atoms with van der Waals surface area (Å²) in [6.45, 7) is 6.46. The van der Waals surface area contributed by atoms with Gasteiger partial charge in [0, 0.05) is 17.8 Å². The Balaban J connectivity index is 0.988. The molecule has 52 heavy (non-hydrogen) atoms. The third-order valence-electron chi connectivity index (χ3n) is 8.80. The van der Waals surface area contributed by atoms with Crippen molar-refractivity contribution >= 4 is 27.0 Å². The predicted molar refractivity (Wildman–Crippen MR) is 211 cm³/mol. The molecule has 0 N–H and O–H groups in total. The van der Waals surface area contributed by atoms with Gasteiger partial charge in [0.2, 0.25) is 5.88 Å². The number of halogens is 1. The van der Waals surface area contributed by atoms with Crippen LogP contribution in [0.15, 0.2) is 156 Å². The molecule has 0 fully saturated rings. The van der Waals surface area contributed by atoms with E-state index in [-0.39, 0.29) is 0 Å². The van der Waals surface area contributed by atoms with Crippen LogP contribution in [-0.4, -0.2) is 14.5 Å². The first-order chi connectivity index (χ1) is 25.4. The lowest BCUT2D eigenvalue weighted by molar-refractivity contribution is 0.448. The third kappa shape index (κ3) is 6.78. The van der Waals surface area contributed by atoms with E-state index in [0.29, 0.717) is 39.1 Å². The Morgan fingerprint density at radius 1 is 0.538 bits per heavy atom. The Morgan fingerprint density at radius 3 is 1.81 bits per heavy atom. The molecule has 8 aromatic rings. The van der Waals surface area contributed by atoms with E-state index < -0.39 is 0 Å². The maximum atomic E-state index is 6.35. The van der Waals surface area contributed by atoms with Crippen molar-refractivity contribution in [2.24, 2.45) is 0 Å². The van der Waals surface area contributed by atoms with E-state index in [4.69, 9.17) is 19.2 Å². The van der Waals surface area contributed by atoms with Gasteiger partial charge < -0.3 is 14.2 Å². The van der Waals surface area contributed by atoms with Crippen molar-refractivity contribution in [2.75, 3.05) is 0 Å². The smallest absolute Gasteiger partial charge is 0.219 e. The maximum Gasteiger partial charge on any atom is 0.219 e. The van der Waals surface area contributed by atoms with Gasteiger partial charge in [-0.2, -0.15) is 0 Å². The van der Waals surface area contributed by atoms with Crippen LogP contribution < -0.4 is 14.2 Å². The SMILES string of the molecule is Cc1cc(C)c(-n2c(-c3ccc(Oc4cccc(Oc5ccc(Oc6cc(-c7ccccc7)ccn6)cc5)c4Br)cc3)nc3ccccc32)c(C)c1. The fraction of sp³-hybridized carbons (Fsp3) is 0.0667. The summed E-state index contributed by atoms with van der Waals surface area (Å²) in [6.07, 6.45) is 1.75. The highest BCUT2D eigenvalue weighted by Crippen LogP contribution is 2.40. The van der Waals surface area contributed by atoms with E-state index in [1.165, 1.54) is 16.7 Å². The van der Waals surface area contributed by atoms with Crippen LogP contribution in [0, 0.1) is 20.8 Å². The fourth-order valence-electron chi connectivity index (χ4n) is 6.52. The van der Waals surface area contributed by atoms with Crippen LogP contribution in [-0.2, 0) is 0 Å². The number of rotatable bonds is 9. The van der Waals surface area contributed by atoms with E-state index >= 15 is 0 Å². The lowest BCUT2D eigenvalue weighted by atomic mass is 10.0.